The minimum atomic E-state index is -4.76. The van der Waals surface area contributed by atoms with Crippen LogP contribution in [0.25, 0.3) is 22.6 Å². The van der Waals surface area contributed by atoms with E-state index in [0.29, 0.717) is 41.9 Å². The molecule has 4 heterocycles. The summed E-state index contributed by atoms with van der Waals surface area (Å²) in [7, 11) is 0. The van der Waals surface area contributed by atoms with Crippen molar-refractivity contribution in [2.45, 2.75) is 57.0 Å². The number of benzene rings is 1. The zero-order valence-corrected chi connectivity index (χ0v) is 21.0. The van der Waals surface area contributed by atoms with E-state index >= 15 is 0 Å². The van der Waals surface area contributed by atoms with Gasteiger partial charge in [0.05, 0.1) is 0 Å². The zero-order valence-electron chi connectivity index (χ0n) is 21.0. The third kappa shape index (κ3) is 5.14. The second-order valence-corrected chi connectivity index (χ2v) is 10.3. The molecule has 10 heteroatoms. The normalized spacial score (nSPS) is 19.2. The van der Waals surface area contributed by atoms with Crippen molar-refractivity contribution in [2.24, 2.45) is 0 Å². The predicted molar refractivity (Wildman–Crippen MR) is 136 cm³/mol. The fourth-order valence-electron chi connectivity index (χ4n) is 5.73. The number of pyridine rings is 1. The molecule has 38 heavy (non-hydrogen) atoms. The first-order valence-electron chi connectivity index (χ1n) is 13.3. The van der Waals surface area contributed by atoms with E-state index in [1.54, 1.807) is 24.5 Å². The molecule has 2 saturated heterocycles. The molecule has 1 aromatic carbocycles. The maximum atomic E-state index is 14.1. The summed E-state index contributed by atoms with van der Waals surface area (Å²) < 4.78 is 44.1. The minimum Gasteiger partial charge on any atom is -0.406 e. The Labute approximate surface area is 219 Å². The van der Waals surface area contributed by atoms with Gasteiger partial charge in [0.25, 0.3) is 5.91 Å². The van der Waals surface area contributed by atoms with Gasteiger partial charge in [-0.15, -0.1) is 13.2 Å². The SMILES string of the molecule is O=C(c1c(-c2cccnc2)nc(-c2ccc(OC(F)(F)F)cc2)n1C1CC1)N1CCC(N2CCCC2)CC1. The molecule has 3 fully saturated rings. The lowest BCUT2D eigenvalue weighted by Crippen LogP contribution is -2.46. The number of imidazole rings is 1. The summed E-state index contributed by atoms with van der Waals surface area (Å²) in [5.41, 5.74) is 2.46. The van der Waals surface area contributed by atoms with Crippen LogP contribution >= 0.6 is 0 Å². The van der Waals surface area contributed by atoms with Gasteiger partial charge in [-0.2, -0.15) is 0 Å². The van der Waals surface area contributed by atoms with Crippen LogP contribution in [0.15, 0.2) is 48.8 Å². The van der Waals surface area contributed by atoms with Gasteiger partial charge < -0.3 is 19.1 Å². The van der Waals surface area contributed by atoms with Crippen LogP contribution in [0.2, 0.25) is 0 Å². The Bertz CT molecular complexity index is 1270. The van der Waals surface area contributed by atoms with Crippen LogP contribution in [0.4, 0.5) is 13.2 Å². The van der Waals surface area contributed by atoms with Gasteiger partial charge in [-0.05, 0) is 88.0 Å². The summed E-state index contributed by atoms with van der Waals surface area (Å²) in [5, 5.41) is 0. The fourth-order valence-corrected chi connectivity index (χ4v) is 5.73. The Morgan fingerprint density at radius 2 is 1.61 bits per heavy atom. The van der Waals surface area contributed by atoms with Gasteiger partial charge in [0, 0.05) is 48.7 Å². The summed E-state index contributed by atoms with van der Waals surface area (Å²) in [6, 6.07) is 10.0. The molecule has 0 unspecified atom stereocenters. The number of alkyl halides is 3. The van der Waals surface area contributed by atoms with Crippen molar-refractivity contribution in [3.63, 3.8) is 0 Å². The molecule has 2 aromatic heterocycles. The molecule has 3 aliphatic rings. The number of aromatic nitrogens is 3. The zero-order chi connectivity index (χ0) is 26.3. The number of halogens is 3. The quantitative estimate of drug-likeness (QED) is 0.423. The molecule has 2 aliphatic heterocycles. The molecule has 200 valence electrons. The van der Waals surface area contributed by atoms with E-state index < -0.39 is 6.36 Å². The number of carbonyl (C=O) groups is 1. The summed E-state index contributed by atoms with van der Waals surface area (Å²) in [4.78, 5) is 27.8. The highest BCUT2D eigenvalue weighted by atomic mass is 19.4. The van der Waals surface area contributed by atoms with E-state index in [9.17, 15) is 18.0 Å². The van der Waals surface area contributed by atoms with Crippen molar-refractivity contribution < 1.29 is 22.7 Å². The van der Waals surface area contributed by atoms with Crippen LogP contribution in [-0.2, 0) is 0 Å². The van der Waals surface area contributed by atoms with Crippen molar-refractivity contribution in [3.05, 3.63) is 54.5 Å². The number of nitrogens with zero attached hydrogens (tertiary/aromatic N) is 5. The second-order valence-electron chi connectivity index (χ2n) is 10.3. The van der Waals surface area contributed by atoms with Crippen LogP contribution in [0.1, 0.15) is 55.1 Å². The minimum absolute atomic E-state index is 0.0496. The highest BCUT2D eigenvalue weighted by Gasteiger charge is 2.37. The monoisotopic (exact) mass is 525 g/mol. The molecule has 7 nitrogen and oxygen atoms in total. The first-order valence-corrected chi connectivity index (χ1v) is 13.3. The van der Waals surface area contributed by atoms with Crippen molar-refractivity contribution in [1.29, 1.82) is 0 Å². The van der Waals surface area contributed by atoms with Crippen molar-refractivity contribution in [3.8, 4) is 28.4 Å². The smallest absolute Gasteiger partial charge is 0.406 e. The number of carbonyl (C=O) groups excluding carboxylic acids is 1. The topological polar surface area (TPSA) is 63.5 Å². The van der Waals surface area contributed by atoms with Crippen LogP contribution in [0.5, 0.6) is 5.75 Å². The number of hydrogen-bond donors (Lipinski definition) is 0. The van der Waals surface area contributed by atoms with Gasteiger partial charge in [0.1, 0.15) is 23.0 Å². The van der Waals surface area contributed by atoms with Gasteiger partial charge in [-0.1, -0.05) is 0 Å². The van der Waals surface area contributed by atoms with Gasteiger partial charge in [0.15, 0.2) is 0 Å². The van der Waals surface area contributed by atoms with Crippen LogP contribution < -0.4 is 4.74 Å². The van der Waals surface area contributed by atoms with E-state index in [1.165, 1.54) is 25.0 Å². The van der Waals surface area contributed by atoms with Crippen LogP contribution in [0, 0.1) is 0 Å². The molecule has 6 rings (SSSR count). The number of rotatable bonds is 6. The van der Waals surface area contributed by atoms with Gasteiger partial charge >= 0.3 is 6.36 Å². The summed E-state index contributed by atoms with van der Waals surface area (Å²) in [6.45, 7) is 3.69. The molecule has 0 bridgehead atoms. The summed E-state index contributed by atoms with van der Waals surface area (Å²) in [5.74, 6) is 0.224. The molecule has 0 radical (unpaired) electrons. The standard InChI is InChI=1S/C28H30F3N5O2/c29-28(30,31)38-23-9-5-19(6-10-23)26-33-24(20-4-3-13-32-18-20)25(36(26)22-7-8-22)27(37)35-16-11-21(12-17-35)34-14-1-2-15-34/h3-6,9-10,13,18,21-22H,1-2,7-8,11-12,14-17H2. The lowest BCUT2D eigenvalue weighted by atomic mass is 10.0. The van der Waals surface area contributed by atoms with E-state index in [0.717, 1.165) is 44.3 Å². The van der Waals surface area contributed by atoms with E-state index in [1.807, 2.05) is 21.6 Å². The van der Waals surface area contributed by atoms with Crippen molar-refractivity contribution >= 4 is 5.91 Å². The Kier molecular flexibility index (Phi) is 6.59. The molecule has 0 atom stereocenters. The maximum absolute atomic E-state index is 14.1. The fraction of sp³-hybridized carbons (Fsp3) is 0.464. The third-order valence-corrected chi connectivity index (χ3v) is 7.72. The van der Waals surface area contributed by atoms with Crippen LogP contribution in [-0.4, -0.2) is 68.8 Å². The molecule has 3 aromatic rings. The Morgan fingerprint density at radius 1 is 0.895 bits per heavy atom. The lowest BCUT2D eigenvalue weighted by molar-refractivity contribution is -0.274. The van der Waals surface area contributed by atoms with E-state index in [-0.39, 0.29) is 17.7 Å². The average molecular weight is 526 g/mol. The number of piperidine rings is 1. The molecule has 0 spiro atoms. The summed E-state index contributed by atoms with van der Waals surface area (Å²) >= 11 is 0. The van der Waals surface area contributed by atoms with Gasteiger partial charge in [0.2, 0.25) is 0 Å². The summed E-state index contributed by atoms with van der Waals surface area (Å²) in [6.07, 6.45) is 4.86. The molecule has 0 N–H and O–H groups in total. The first kappa shape index (κ1) is 24.9. The van der Waals surface area contributed by atoms with Crippen molar-refractivity contribution in [2.75, 3.05) is 26.2 Å². The Hall–Kier alpha value is -3.40. The third-order valence-electron chi connectivity index (χ3n) is 7.72. The number of amides is 1. The highest BCUT2D eigenvalue weighted by molar-refractivity contribution is 5.99. The number of likely N-dealkylation sites (tertiary alicyclic amines) is 2. The molecular weight excluding hydrogens is 495 g/mol. The second kappa shape index (κ2) is 10.1. The Morgan fingerprint density at radius 3 is 2.21 bits per heavy atom. The number of ether oxygens (including phenoxy) is 1. The van der Waals surface area contributed by atoms with Crippen LogP contribution in [0.3, 0.4) is 0 Å². The highest BCUT2D eigenvalue weighted by Crippen LogP contribution is 2.43. The predicted octanol–water partition coefficient (Wildman–Crippen LogP) is 5.55. The maximum Gasteiger partial charge on any atom is 0.573 e. The van der Waals surface area contributed by atoms with Gasteiger partial charge in [-0.25, -0.2) is 4.98 Å². The Balaban J connectivity index is 1.35. The average Bonchev–Trinajstić information content (AvgIpc) is 3.45. The molecule has 1 saturated carbocycles. The van der Waals surface area contributed by atoms with E-state index in [2.05, 4.69) is 14.6 Å². The largest absolute Gasteiger partial charge is 0.573 e. The lowest BCUT2D eigenvalue weighted by Gasteiger charge is -2.36. The number of hydrogen-bond acceptors (Lipinski definition) is 5. The molecule has 1 aliphatic carbocycles. The van der Waals surface area contributed by atoms with E-state index in [4.69, 9.17) is 4.98 Å². The first-order chi connectivity index (χ1) is 18.4. The molecule has 1 amide bonds. The van der Waals surface area contributed by atoms with Gasteiger partial charge in [-0.3, -0.25) is 9.78 Å². The van der Waals surface area contributed by atoms with Crippen molar-refractivity contribution in [1.82, 2.24) is 24.3 Å². The molecular formula is C28H30F3N5O2.